The van der Waals surface area contributed by atoms with E-state index in [-0.39, 0.29) is 24.9 Å². The molecule has 0 aromatic carbocycles. The zero-order chi connectivity index (χ0) is 44.5. The molecule has 0 rings (SSSR count). The van der Waals surface area contributed by atoms with E-state index in [0.29, 0.717) is 19.3 Å². The van der Waals surface area contributed by atoms with Crippen molar-refractivity contribution in [1.29, 1.82) is 0 Å². The number of carbonyl (C=O) groups is 2. The fraction of sp³-hybridized carbons (Fsp3) is 0.927. The number of amides is 1. The van der Waals surface area contributed by atoms with Crippen molar-refractivity contribution in [3.8, 4) is 0 Å². The molecule has 0 aliphatic carbocycles. The molecule has 0 saturated heterocycles. The minimum Gasteiger partial charge on any atom is -0.462 e. The van der Waals surface area contributed by atoms with Crippen molar-refractivity contribution >= 4 is 11.9 Å². The molecule has 0 aliphatic heterocycles. The summed E-state index contributed by atoms with van der Waals surface area (Å²) in [5, 5.41) is 23.8. The third-order valence-corrected chi connectivity index (χ3v) is 12.8. The van der Waals surface area contributed by atoms with Gasteiger partial charge in [-0.1, -0.05) is 251 Å². The molecule has 6 heteroatoms. The number of allylic oxidation sites excluding steroid dienone is 2. The van der Waals surface area contributed by atoms with Gasteiger partial charge in [0.2, 0.25) is 5.91 Å². The monoisotopic (exact) mass is 862 g/mol. The molecule has 0 aromatic rings. The Kier molecular flexibility index (Phi) is 48.5. The topological polar surface area (TPSA) is 95.9 Å². The van der Waals surface area contributed by atoms with Gasteiger partial charge in [-0.05, 0) is 51.4 Å². The average molecular weight is 862 g/mol. The van der Waals surface area contributed by atoms with E-state index in [1.54, 1.807) is 0 Å². The van der Waals surface area contributed by atoms with E-state index < -0.39 is 18.2 Å². The first-order valence-electron chi connectivity index (χ1n) is 27.4. The average Bonchev–Trinajstić information content (AvgIpc) is 3.25. The highest BCUT2D eigenvalue weighted by Crippen LogP contribution is 2.19. The van der Waals surface area contributed by atoms with E-state index in [1.165, 1.54) is 212 Å². The second-order valence-corrected chi connectivity index (χ2v) is 19.0. The number of rotatable bonds is 50. The Labute approximate surface area is 380 Å². The van der Waals surface area contributed by atoms with Crippen LogP contribution in [0, 0.1) is 0 Å². The van der Waals surface area contributed by atoms with Crippen LogP contribution in [0.5, 0.6) is 0 Å². The fourth-order valence-corrected chi connectivity index (χ4v) is 8.66. The lowest BCUT2D eigenvalue weighted by Crippen LogP contribution is -2.46. The maximum Gasteiger partial charge on any atom is 0.306 e. The number of hydrogen-bond donors (Lipinski definition) is 3. The summed E-state index contributed by atoms with van der Waals surface area (Å²) in [6.45, 7) is 6.50. The summed E-state index contributed by atoms with van der Waals surface area (Å²) in [6, 6.07) is -0.695. The molecule has 6 nitrogen and oxygen atoms in total. The van der Waals surface area contributed by atoms with E-state index in [4.69, 9.17) is 4.74 Å². The molecule has 362 valence electrons. The highest BCUT2D eigenvalue weighted by Gasteiger charge is 2.24. The van der Waals surface area contributed by atoms with Gasteiger partial charge in [-0.25, -0.2) is 0 Å². The quantitative estimate of drug-likeness (QED) is 0.0322. The van der Waals surface area contributed by atoms with Crippen LogP contribution in [0.2, 0.25) is 0 Å². The molecular weight excluding hydrogens is 755 g/mol. The summed E-state index contributed by atoms with van der Waals surface area (Å²) in [5.41, 5.74) is 0. The summed E-state index contributed by atoms with van der Waals surface area (Å²) in [7, 11) is 0. The Bertz CT molecular complexity index is 924. The van der Waals surface area contributed by atoms with Crippen LogP contribution in [0.15, 0.2) is 12.2 Å². The molecule has 1 amide bonds. The summed E-state index contributed by atoms with van der Waals surface area (Å²) in [6.07, 6.45) is 55.5. The maximum absolute atomic E-state index is 13.2. The molecule has 0 heterocycles. The van der Waals surface area contributed by atoms with Gasteiger partial charge < -0.3 is 20.3 Å². The lowest BCUT2D eigenvalue weighted by atomic mass is 10.0. The number of aliphatic hydroxyl groups is 2. The second-order valence-electron chi connectivity index (χ2n) is 19.0. The molecule has 3 atom stereocenters. The van der Waals surface area contributed by atoms with Crippen molar-refractivity contribution in [2.75, 3.05) is 6.61 Å². The lowest BCUT2D eigenvalue weighted by Gasteiger charge is -2.24. The van der Waals surface area contributed by atoms with E-state index in [0.717, 1.165) is 44.9 Å². The molecule has 0 aliphatic rings. The molecule has 61 heavy (non-hydrogen) atoms. The van der Waals surface area contributed by atoms with Gasteiger partial charge in [0.15, 0.2) is 0 Å². The number of carbonyl (C=O) groups excluding carboxylic acids is 2. The smallest absolute Gasteiger partial charge is 0.306 e. The molecule has 0 spiro atoms. The van der Waals surface area contributed by atoms with Gasteiger partial charge in [0.1, 0.15) is 6.10 Å². The standard InChI is InChI=1S/C55H107NO5/c1-4-7-10-13-16-19-22-25-27-30-33-36-39-42-45-48-55(60)61-51(46-43-40-37-34-31-28-24-21-18-15-12-9-6-3)49-54(59)56-52(50-57)53(58)47-44-41-38-35-32-29-26-23-20-17-14-11-8-5-2/h19,22,51-53,57-58H,4-18,20-21,23-50H2,1-3H3,(H,56,59)/b22-19-. The van der Waals surface area contributed by atoms with Crippen LogP contribution < -0.4 is 5.32 Å². The first kappa shape index (κ1) is 59.6. The highest BCUT2D eigenvalue weighted by molar-refractivity contribution is 5.77. The number of aliphatic hydroxyl groups excluding tert-OH is 2. The predicted molar refractivity (Wildman–Crippen MR) is 264 cm³/mol. The summed E-state index contributed by atoms with van der Waals surface area (Å²) < 4.78 is 5.95. The van der Waals surface area contributed by atoms with Crippen molar-refractivity contribution in [3.05, 3.63) is 12.2 Å². The number of nitrogens with one attached hydrogen (secondary N) is 1. The SMILES string of the molecule is CCCCCC/C=C\CCCCCCCCCC(=O)OC(CCCCCCCCCCCCCCC)CC(=O)NC(CO)C(O)CCCCCCCCCCCCCCCC. The van der Waals surface area contributed by atoms with Gasteiger partial charge in [0, 0.05) is 6.42 Å². The van der Waals surface area contributed by atoms with Gasteiger partial charge in [0.25, 0.3) is 0 Å². The number of unbranched alkanes of at least 4 members (excludes halogenated alkanes) is 36. The molecule has 0 saturated carbocycles. The van der Waals surface area contributed by atoms with Crippen LogP contribution in [0.3, 0.4) is 0 Å². The first-order valence-corrected chi connectivity index (χ1v) is 27.4. The third-order valence-electron chi connectivity index (χ3n) is 12.8. The summed E-state index contributed by atoms with van der Waals surface area (Å²) in [4.78, 5) is 26.2. The molecular formula is C55H107NO5. The largest absolute Gasteiger partial charge is 0.462 e. The maximum atomic E-state index is 13.2. The Morgan fingerprint density at radius 3 is 1.18 bits per heavy atom. The van der Waals surface area contributed by atoms with Gasteiger partial charge in [-0.15, -0.1) is 0 Å². The van der Waals surface area contributed by atoms with Crippen molar-refractivity contribution in [3.63, 3.8) is 0 Å². The van der Waals surface area contributed by atoms with Crippen LogP contribution in [0.25, 0.3) is 0 Å². The van der Waals surface area contributed by atoms with Crippen LogP contribution in [-0.2, 0) is 14.3 Å². The molecule has 0 radical (unpaired) electrons. The Balaban J connectivity index is 4.51. The van der Waals surface area contributed by atoms with Crippen LogP contribution in [0.4, 0.5) is 0 Å². The number of ether oxygens (including phenoxy) is 1. The molecule has 0 aromatic heterocycles. The second kappa shape index (κ2) is 49.6. The fourth-order valence-electron chi connectivity index (χ4n) is 8.66. The molecule has 3 N–H and O–H groups in total. The van der Waals surface area contributed by atoms with Crippen molar-refractivity contribution in [1.82, 2.24) is 5.32 Å². The lowest BCUT2D eigenvalue weighted by molar-refractivity contribution is -0.151. The molecule has 0 bridgehead atoms. The predicted octanol–water partition coefficient (Wildman–Crippen LogP) is 16.5. The first-order chi connectivity index (χ1) is 30.0. The minimum atomic E-state index is -0.782. The van der Waals surface area contributed by atoms with Crippen molar-refractivity contribution in [2.24, 2.45) is 0 Å². The minimum absolute atomic E-state index is 0.0835. The van der Waals surface area contributed by atoms with Gasteiger partial charge in [-0.3, -0.25) is 9.59 Å². The molecule has 0 fully saturated rings. The highest BCUT2D eigenvalue weighted by atomic mass is 16.5. The normalized spacial score (nSPS) is 13.2. The van der Waals surface area contributed by atoms with Crippen molar-refractivity contribution < 1.29 is 24.5 Å². The summed E-state index contributed by atoms with van der Waals surface area (Å²) >= 11 is 0. The zero-order valence-corrected chi connectivity index (χ0v) is 41.3. The Morgan fingerprint density at radius 2 is 0.787 bits per heavy atom. The van der Waals surface area contributed by atoms with E-state index in [9.17, 15) is 19.8 Å². The van der Waals surface area contributed by atoms with E-state index >= 15 is 0 Å². The van der Waals surface area contributed by atoms with Gasteiger partial charge >= 0.3 is 5.97 Å². The van der Waals surface area contributed by atoms with Gasteiger partial charge in [-0.2, -0.15) is 0 Å². The van der Waals surface area contributed by atoms with Gasteiger partial charge in [0.05, 0.1) is 25.2 Å². The number of esters is 1. The molecule has 3 unspecified atom stereocenters. The van der Waals surface area contributed by atoms with Crippen molar-refractivity contribution in [2.45, 2.75) is 322 Å². The summed E-state index contributed by atoms with van der Waals surface area (Å²) in [5.74, 6) is -0.459. The zero-order valence-electron chi connectivity index (χ0n) is 41.3. The van der Waals surface area contributed by atoms with E-state index in [1.807, 2.05) is 0 Å². The van der Waals surface area contributed by atoms with Crippen LogP contribution >= 0.6 is 0 Å². The number of hydrogen-bond acceptors (Lipinski definition) is 5. The van der Waals surface area contributed by atoms with E-state index in [2.05, 4.69) is 38.2 Å². The van der Waals surface area contributed by atoms with Crippen LogP contribution in [0.1, 0.15) is 303 Å². The third kappa shape index (κ3) is 45.0. The Morgan fingerprint density at radius 1 is 0.459 bits per heavy atom. The van der Waals surface area contributed by atoms with Crippen LogP contribution in [-0.4, -0.2) is 46.9 Å². The Hall–Kier alpha value is -1.40.